The summed E-state index contributed by atoms with van der Waals surface area (Å²) in [6.07, 6.45) is 4.60. The average molecular weight is 279 g/mol. The van der Waals surface area contributed by atoms with Gasteiger partial charge in [-0.05, 0) is 25.0 Å². The lowest BCUT2D eigenvalue weighted by Crippen LogP contribution is -2.03. The molecule has 2 aromatic rings. The van der Waals surface area contributed by atoms with Gasteiger partial charge in [0.25, 0.3) is 0 Å². The fraction of sp³-hybridized carbons (Fsp3) is 0.429. The van der Waals surface area contributed by atoms with Crippen LogP contribution in [0.4, 0.5) is 8.78 Å². The molecule has 1 aliphatic rings. The maximum Gasteiger partial charge on any atom is 0.387 e. The molecule has 3 rings (SSSR count). The molecule has 1 fully saturated rings. The Balaban J connectivity index is 1.89. The summed E-state index contributed by atoms with van der Waals surface area (Å²) in [5.74, 6) is 1.74. The Morgan fingerprint density at radius 2 is 1.95 bits per heavy atom. The van der Waals surface area contributed by atoms with Crippen LogP contribution in [0.2, 0.25) is 0 Å². The predicted octanol–water partition coefficient (Wildman–Crippen LogP) is 3.73. The number of nitrogens with one attached hydrogen (secondary N) is 1. The summed E-state index contributed by atoms with van der Waals surface area (Å²) in [4.78, 5) is 4.44. The second kappa shape index (κ2) is 5.56. The normalized spacial score (nSPS) is 15.9. The van der Waals surface area contributed by atoms with Gasteiger partial charge >= 0.3 is 6.61 Å². The molecule has 0 radical (unpaired) electrons. The van der Waals surface area contributed by atoms with Crippen LogP contribution < -0.4 is 4.74 Å². The van der Waals surface area contributed by atoms with Crippen molar-refractivity contribution in [2.24, 2.45) is 0 Å². The number of hydrogen-bond acceptors (Lipinski definition) is 3. The molecule has 0 aliphatic heterocycles. The standard InChI is InChI=1S/C14H15F2N3O/c15-14(16)20-11-8-4-3-7-10(11)13-17-12(18-19-13)9-5-1-2-6-9/h3-4,7-9,14H,1-2,5-6H2,(H,17,18,19). The maximum atomic E-state index is 12.4. The van der Waals surface area contributed by atoms with E-state index in [1.165, 1.54) is 18.9 Å². The van der Waals surface area contributed by atoms with Gasteiger partial charge in [-0.15, -0.1) is 0 Å². The molecular formula is C14H15F2N3O. The van der Waals surface area contributed by atoms with Crippen molar-refractivity contribution in [1.29, 1.82) is 0 Å². The van der Waals surface area contributed by atoms with Crippen LogP contribution in [0.15, 0.2) is 24.3 Å². The first-order valence-electron chi connectivity index (χ1n) is 6.70. The third-order valence-corrected chi connectivity index (χ3v) is 3.59. The number of ether oxygens (including phenoxy) is 1. The van der Waals surface area contributed by atoms with Crippen molar-refractivity contribution in [3.05, 3.63) is 30.1 Å². The Morgan fingerprint density at radius 1 is 1.20 bits per heavy atom. The number of halogens is 2. The van der Waals surface area contributed by atoms with Gasteiger partial charge in [-0.1, -0.05) is 25.0 Å². The van der Waals surface area contributed by atoms with E-state index in [4.69, 9.17) is 0 Å². The lowest BCUT2D eigenvalue weighted by molar-refractivity contribution is -0.0494. The summed E-state index contributed by atoms with van der Waals surface area (Å²) in [7, 11) is 0. The molecule has 106 valence electrons. The molecule has 6 heteroatoms. The molecule has 1 heterocycles. The molecule has 1 N–H and O–H groups in total. The van der Waals surface area contributed by atoms with Gasteiger partial charge in [0.1, 0.15) is 11.6 Å². The van der Waals surface area contributed by atoms with Crippen LogP contribution in [0, 0.1) is 0 Å². The zero-order chi connectivity index (χ0) is 13.9. The summed E-state index contributed by atoms with van der Waals surface area (Å²) in [6.45, 7) is -2.86. The number of nitrogens with zero attached hydrogens (tertiary/aromatic N) is 2. The Bertz CT molecular complexity index is 579. The van der Waals surface area contributed by atoms with E-state index in [0.717, 1.165) is 18.7 Å². The number of H-pyrrole nitrogens is 1. The lowest BCUT2D eigenvalue weighted by atomic mass is 10.1. The van der Waals surface area contributed by atoms with Gasteiger partial charge in [-0.3, -0.25) is 5.10 Å². The molecule has 0 spiro atoms. The minimum atomic E-state index is -2.86. The molecule has 0 atom stereocenters. The molecule has 0 saturated heterocycles. The van der Waals surface area contributed by atoms with Crippen LogP contribution in [0.1, 0.15) is 37.4 Å². The molecule has 0 amide bonds. The van der Waals surface area contributed by atoms with Crippen LogP contribution in [0.25, 0.3) is 11.4 Å². The van der Waals surface area contributed by atoms with Crippen LogP contribution in [0.3, 0.4) is 0 Å². The van der Waals surface area contributed by atoms with Crippen molar-refractivity contribution in [1.82, 2.24) is 15.2 Å². The summed E-state index contributed by atoms with van der Waals surface area (Å²) in [5.41, 5.74) is 0.480. The molecule has 1 aromatic carbocycles. The van der Waals surface area contributed by atoms with Crippen molar-refractivity contribution >= 4 is 0 Å². The highest BCUT2D eigenvalue weighted by Crippen LogP contribution is 2.34. The van der Waals surface area contributed by atoms with E-state index in [0.29, 0.717) is 17.3 Å². The molecular weight excluding hydrogens is 264 g/mol. The van der Waals surface area contributed by atoms with E-state index in [2.05, 4.69) is 19.9 Å². The zero-order valence-corrected chi connectivity index (χ0v) is 10.9. The number of para-hydroxylation sites is 1. The van der Waals surface area contributed by atoms with Crippen molar-refractivity contribution < 1.29 is 13.5 Å². The second-order valence-corrected chi connectivity index (χ2v) is 4.90. The van der Waals surface area contributed by atoms with Crippen LogP contribution >= 0.6 is 0 Å². The largest absolute Gasteiger partial charge is 0.434 e. The molecule has 1 aromatic heterocycles. The van der Waals surface area contributed by atoms with Crippen LogP contribution in [-0.4, -0.2) is 21.8 Å². The minimum Gasteiger partial charge on any atom is -0.434 e. The highest BCUT2D eigenvalue weighted by molar-refractivity contribution is 5.63. The first-order valence-corrected chi connectivity index (χ1v) is 6.70. The van der Waals surface area contributed by atoms with Gasteiger partial charge in [-0.25, -0.2) is 4.98 Å². The Morgan fingerprint density at radius 3 is 2.70 bits per heavy atom. The SMILES string of the molecule is FC(F)Oc1ccccc1-c1n[nH]c(C2CCCC2)n1. The average Bonchev–Trinajstić information content (AvgIpc) is 3.10. The number of aromatic nitrogens is 3. The number of rotatable bonds is 4. The molecule has 20 heavy (non-hydrogen) atoms. The Kier molecular flexibility index (Phi) is 3.62. The zero-order valence-electron chi connectivity index (χ0n) is 10.9. The molecule has 1 saturated carbocycles. The Labute approximate surface area is 115 Å². The fourth-order valence-corrected chi connectivity index (χ4v) is 2.63. The molecule has 0 bridgehead atoms. The highest BCUT2D eigenvalue weighted by Gasteiger charge is 2.22. The number of alkyl halides is 2. The number of benzene rings is 1. The third kappa shape index (κ3) is 2.64. The van der Waals surface area contributed by atoms with E-state index >= 15 is 0 Å². The second-order valence-electron chi connectivity index (χ2n) is 4.90. The smallest absolute Gasteiger partial charge is 0.387 e. The van der Waals surface area contributed by atoms with Gasteiger partial charge in [0, 0.05) is 5.92 Å². The summed E-state index contributed by atoms with van der Waals surface area (Å²) in [5, 5.41) is 7.06. The minimum absolute atomic E-state index is 0.0967. The maximum absolute atomic E-state index is 12.4. The fourth-order valence-electron chi connectivity index (χ4n) is 2.63. The lowest BCUT2D eigenvalue weighted by Gasteiger charge is -2.07. The monoisotopic (exact) mass is 279 g/mol. The van der Waals surface area contributed by atoms with Gasteiger partial charge in [0.2, 0.25) is 0 Å². The summed E-state index contributed by atoms with van der Waals surface area (Å²) < 4.78 is 29.3. The highest BCUT2D eigenvalue weighted by atomic mass is 19.3. The van der Waals surface area contributed by atoms with E-state index in [-0.39, 0.29) is 5.75 Å². The molecule has 0 unspecified atom stereocenters. The van der Waals surface area contributed by atoms with E-state index in [1.54, 1.807) is 18.2 Å². The first kappa shape index (κ1) is 13.0. The topological polar surface area (TPSA) is 50.8 Å². The summed E-state index contributed by atoms with van der Waals surface area (Å²) in [6, 6.07) is 6.57. The van der Waals surface area contributed by atoms with Crippen molar-refractivity contribution in [2.75, 3.05) is 0 Å². The van der Waals surface area contributed by atoms with E-state index in [9.17, 15) is 8.78 Å². The quantitative estimate of drug-likeness (QED) is 0.927. The Hall–Kier alpha value is -1.98. The van der Waals surface area contributed by atoms with Crippen LogP contribution in [0.5, 0.6) is 5.75 Å². The van der Waals surface area contributed by atoms with Crippen molar-refractivity contribution in [3.8, 4) is 17.1 Å². The first-order chi connectivity index (χ1) is 9.74. The molecule has 1 aliphatic carbocycles. The van der Waals surface area contributed by atoms with Gasteiger partial charge in [0.05, 0.1) is 5.56 Å². The van der Waals surface area contributed by atoms with Gasteiger partial charge < -0.3 is 4.74 Å². The van der Waals surface area contributed by atoms with Crippen molar-refractivity contribution in [3.63, 3.8) is 0 Å². The predicted molar refractivity (Wildman–Crippen MR) is 69.7 cm³/mol. The van der Waals surface area contributed by atoms with Gasteiger partial charge in [0.15, 0.2) is 5.82 Å². The van der Waals surface area contributed by atoms with E-state index < -0.39 is 6.61 Å². The van der Waals surface area contributed by atoms with Crippen molar-refractivity contribution in [2.45, 2.75) is 38.2 Å². The summed E-state index contributed by atoms with van der Waals surface area (Å²) >= 11 is 0. The van der Waals surface area contributed by atoms with Crippen LogP contribution in [-0.2, 0) is 0 Å². The van der Waals surface area contributed by atoms with E-state index in [1.807, 2.05) is 0 Å². The number of hydrogen-bond donors (Lipinski definition) is 1. The third-order valence-electron chi connectivity index (χ3n) is 3.59. The number of aromatic amines is 1. The van der Waals surface area contributed by atoms with Gasteiger partial charge in [-0.2, -0.15) is 13.9 Å². The molecule has 4 nitrogen and oxygen atoms in total.